The SMILES string of the molecule is COc1cc(/C=C(/C#N)c2ccc(Cl)cc2)ccc1OC(=O)[C@@H]1COc2ccccc2O1. The topological polar surface area (TPSA) is 77.8 Å². The summed E-state index contributed by atoms with van der Waals surface area (Å²) in [5.41, 5.74) is 1.90. The minimum absolute atomic E-state index is 0.0472. The second-order valence-electron chi connectivity index (χ2n) is 6.87. The fourth-order valence-electron chi connectivity index (χ4n) is 3.14. The summed E-state index contributed by atoms with van der Waals surface area (Å²) in [7, 11) is 1.47. The summed E-state index contributed by atoms with van der Waals surface area (Å²) in [6.07, 6.45) is 0.816. The zero-order chi connectivity index (χ0) is 22.5. The van der Waals surface area contributed by atoms with Crippen LogP contribution >= 0.6 is 11.6 Å². The summed E-state index contributed by atoms with van der Waals surface area (Å²) in [5, 5.41) is 10.1. The Morgan fingerprint density at radius 2 is 1.84 bits per heavy atom. The molecule has 1 atom stereocenters. The molecule has 1 aliphatic rings. The lowest BCUT2D eigenvalue weighted by molar-refractivity contribution is -0.144. The van der Waals surface area contributed by atoms with Crippen molar-refractivity contribution in [1.29, 1.82) is 5.26 Å². The number of ether oxygens (including phenoxy) is 4. The number of halogens is 1. The van der Waals surface area contributed by atoms with Crippen molar-refractivity contribution in [1.82, 2.24) is 0 Å². The minimum Gasteiger partial charge on any atom is -0.493 e. The number of nitrogens with zero attached hydrogens (tertiary/aromatic N) is 1. The Hall–Kier alpha value is -3.95. The fourth-order valence-corrected chi connectivity index (χ4v) is 3.27. The molecular formula is C25H18ClNO5. The summed E-state index contributed by atoms with van der Waals surface area (Å²) in [6, 6.07) is 21.3. The number of fused-ring (bicyclic) bond motifs is 1. The molecule has 0 fully saturated rings. The van der Waals surface area contributed by atoms with Gasteiger partial charge in [-0.05, 0) is 53.6 Å². The molecule has 0 saturated heterocycles. The monoisotopic (exact) mass is 447 g/mol. The molecule has 32 heavy (non-hydrogen) atoms. The maximum absolute atomic E-state index is 12.6. The first-order chi connectivity index (χ1) is 15.6. The van der Waals surface area contributed by atoms with Gasteiger partial charge in [-0.25, -0.2) is 4.79 Å². The summed E-state index contributed by atoms with van der Waals surface area (Å²) in [6.45, 7) is 0.0472. The van der Waals surface area contributed by atoms with Gasteiger partial charge < -0.3 is 18.9 Å². The number of carbonyl (C=O) groups excluding carboxylic acids is 1. The van der Waals surface area contributed by atoms with E-state index < -0.39 is 12.1 Å². The average molecular weight is 448 g/mol. The molecule has 1 aliphatic heterocycles. The molecule has 0 aromatic heterocycles. The van der Waals surface area contributed by atoms with Crippen molar-refractivity contribution in [2.45, 2.75) is 6.10 Å². The lowest BCUT2D eigenvalue weighted by Crippen LogP contribution is -2.39. The van der Waals surface area contributed by atoms with E-state index >= 15 is 0 Å². The van der Waals surface area contributed by atoms with Crippen molar-refractivity contribution in [3.05, 3.63) is 82.9 Å². The number of methoxy groups -OCH3 is 1. The minimum atomic E-state index is -0.899. The highest BCUT2D eigenvalue weighted by Crippen LogP contribution is 2.33. The molecule has 0 N–H and O–H groups in total. The van der Waals surface area contributed by atoms with Crippen LogP contribution in [0.2, 0.25) is 5.02 Å². The number of rotatable bonds is 5. The summed E-state index contributed by atoms with van der Waals surface area (Å²) >= 11 is 5.92. The van der Waals surface area contributed by atoms with E-state index in [1.54, 1.807) is 66.7 Å². The van der Waals surface area contributed by atoms with Crippen LogP contribution in [0, 0.1) is 11.3 Å². The van der Waals surface area contributed by atoms with E-state index in [9.17, 15) is 10.1 Å². The van der Waals surface area contributed by atoms with Gasteiger partial charge in [0.15, 0.2) is 23.0 Å². The van der Waals surface area contributed by atoms with E-state index in [-0.39, 0.29) is 12.4 Å². The third-order valence-corrected chi connectivity index (χ3v) is 5.01. The molecule has 0 saturated carbocycles. The Balaban J connectivity index is 1.52. The first-order valence-electron chi connectivity index (χ1n) is 9.73. The fraction of sp³-hybridized carbons (Fsp3) is 0.120. The van der Waals surface area contributed by atoms with Crippen LogP contribution in [0.3, 0.4) is 0 Å². The van der Waals surface area contributed by atoms with Crippen molar-refractivity contribution >= 4 is 29.2 Å². The molecule has 7 heteroatoms. The summed E-state index contributed by atoms with van der Waals surface area (Å²) < 4.78 is 22.2. The molecule has 6 nitrogen and oxygen atoms in total. The van der Waals surface area contributed by atoms with Crippen molar-refractivity contribution < 1.29 is 23.7 Å². The molecule has 0 radical (unpaired) electrons. The Labute approximate surface area is 190 Å². The molecule has 4 rings (SSSR count). The van der Waals surface area contributed by atoms with E-state index in [0.29, 0.717) is 33.4 Å². The zero-order valence-electron chi connectivity index (χ0n) is 17.1. The molecule has 0 unspecified atom stereocenters. The molecule has 0 bridgehead atoms. The lowest BCUT2D eigenvalue weighted by atomic mass is 10.0. The first kappa shape index (κ1) is 21.3. The third-order valence-electron chi connectivity index (χ3n) is 4.76. The number of para-hydroxylation sites is 2. The number of hydrogen-bond donors (Lipinski definition) is 0. The molecule has 3 aromatic carbocycles. The van der Waals surface area contributed by atoms with E-state index in [4.69, 9.17) is 30.5 Å². The number of allylic oxidation sites excluding steroid dienone is 1. The smallest absolute Gasteiger partial charge is 0.356 e. The van der Waals surface area contributed by atoms with E-state index in [0.717, 1.165) is 5.56 Å². The van der Waals surface area contributed by atoms with Crippen molar-refractivity contribution in [3.63, 3.8) is 0 Å². The quantitative estimate of drug-likeness (QED) is 0.233. The van der Waals surface area contributed by atoms with Gasteiger partial charge in [-0.2, -0.15) is 5.26 Å². The standard InChI is InChI=1S/C25H18ClNO5/c1-29-23-13-16(12-18(14-27)17-7-9-19(26)10-8-17)6-11-22(23)32-25(28)24-15-30-20-4-2-3-5-21(20)31-24/h2-13,24H,15H2,1H3/b18-12-/t24-/m0/s1. The zero-order valence-corrected chi connectivity index (χ0v) is 17.8. The molecule has 1 heterocycles. The molecule has 160 valence electrons. The van der Waals surface area contributed by atoms with Gasteiger partial charge in [-0.1, -0.05) is 41.9 Å². The van der Waals surface area contributed by atoms with Gasteiger partial charge in [0.25, 0.3) is 0 Å². The number of esters is 1. The highest BCUT2D eigenvalue weighted by molar-refractivity contribution is 6.30. The van der Waals surface area contributed by atoms with Crippen LogP contribution in [-0.4, -0.2) is 25.8 Å². The number of nitriles is 1. The predicted octanol–water partition coefficient (Wildman–Crippen LogP) is 5.16. The van der Waals surface area contributed by atoms with E-state index in [2.05, 4.69) is 6.07 Å². The van der Waals surface area contributed by atoms with Crippen LogP contribution < -0.4 is 18.9 Å². The molecule has 0 spiro atoms. The van der Waals surface area contributed by atoms with Gasteiger partial charge in [0.05, 0.1) is 18.8 Å². The van der Waals surface area contributed by atoms with Crippen LogP contribution in [-0.2, 0) is 4.79 Å². The van der Waals surface area contributed by atoms with E-state index in [1.807, 2.05) is 6.07 Å². The number of benzene rings is 3. The second-order valence-corrected chi connectivity index (χ2v) is 7.31. The summed E-state index contributed by atoms with van der Waals surface area (Å²) in [4.78, 5) is 12.6. The third kappa shape index (κ3) is 4.69. The van der Waals surface area contributed by atoms with Crippen molar-refractivity contribution in [2.75, 3.05) is 13.7 Å². The normalized spacial score (nSPS) is 14.9. The molecule has 0 aliphatic carbocycles. The highest BCUT2D eigenvalue weighted by Gasteiger charge is 2.29. The van der Waals surface area contributed by atoms with Crippen molar-refractivity contribution in [2.24, 2.45) is 0 Å². The number of carbonyl (C=O) groups is 1. The van der Waals surface area contributed by atoms with Gasteiger partial charge in [0, 0.05) is 5.02 Å². The predicted molar refractivity (Wildman–Crippen MR) is 120 cm³/mol. The average Bonchev–Trinajstić information content (AvgIpc) is 2.83. The van der Waals surface area contributed by atoms with Crippen molar-refractivity contribution in [3.8, 4) is 29.1 Å². The lowest BCUT2D eigenvalue weighted by Gasteiger charge is -2.25. The van der Waals surface area contributed by atoms with Gasteiger partial charge >= 0.3 is 5.97 Å². The van der Waals surface area contributed by atoms with Gasteiger partial charge in [-0.15, -0.1) is 0 Å². The van der Waals surface area contributed by atoms with Crippen LogP contribution in [0.5, 0.6) is 23.0 Å². The maximum Gasteiger partial charge on any atom is 0.356 e. The van der Waals surface area contributed by atoms with Gasteiger partial charge in [0.1, 0.15) is 6.61 Å². The van der Waals surface area contributed by atoms with E-state index in [1.165, 1.54) is 7.11 Å². The summed E-state index contributed by atoms with van der Waals surface area (Å²) in [5.74, 6) is 1.05. The maximum atomic E-state index is 12.6. The van der Waals surface area contributed by atoms with Gasteiger partial charge in [0.2, 0.25) is 6.10 Å². The highest BCUT2D eigenvalue weighted by atomic mass is 35.5. The first-order valence-corrected chi connectivity index (χ1v) is 10.1. The Kier molecular flexibility index (Phi) is 6.29. The van der Waals surface area contributed by atoms with Crippen LogP contribution in [0.15, 0.2) is 66.7 Å². The number of hydrogen-bond acceptors (Lipinski definition) is 6. The largest absolute Gasteiger partial charge is 0.493 e. The Bertz CT molecular complexity index is 1210. The molecule has 0 amide bonds. The Morgan fingerprint density at radius 1 is 1.09 bits per heavy atom. The van der Waals surface area contributed by atoms with Crippen LogP contribution in [0.1, 0.15) is 11.1 Å². The molecule has 3 aromatic rings. The van der Waals surface area contributed by atoms with Gasteiger partial charge in [-0.3, -0.25) is 0 Å². The molecular weight excluding hydrogens is 430 g/mol. The van der Waals surface area contributed by atoms with Crippen LogP contribution in [0.25, 0.3) is 11.6 Å². The Morgan fingerprint density at radius 3 is 2.56 bits per heavy atom. The van der Waals surface area contributed by atoms with Crippen LogP contribution in [0.4, 0.5) is 0 Å². The second kappa shape index (κ2) is 9.46.